The molecule has 0 atom stereocenters. The maximum Gasteiger partial charge on any atom is 0.240 e. The predicted molar refractivity (Wildman–Crippen MR) is 145 cm³/mol. The van der Waals surface area contributed by atoms with Gasteiger partial charge in [-0.3, -0.25) is 9.69 Å². The summed E-state index contributed by atoms with van der Waals surface area (Å²) in [4.78, 5) is 27.1. The van der Waals surface area contributed by atoms with Crippen molar-refractivity contribution in [2.45, 2.75) is 0 Å². The Kier molecular flexibility index (Phi) is 6.84. The second-order valence-corrected chi connectivity index (χ2v) is 9.27. The molecule has 0 bridgehead atoms. The maximum atomic E-state index is 12.9. The number of carbonyl (C=O) groups is 1. The van der Waals surface area contributed by atoms with Crippen LogP contribution in [0.4, 0.5) is 11.4 Å². The highest BCUT2D eigenvalue weighted by Gasteiger charge is 2.20. The first-order valence-corrected chi connectivity index (χ1v) is 12.2. The van der Waals surface area contributed by atoms with Crippen LogP contribution in [0.25, 0.3) is 10.9 Å². The van der Waals surface area contributed by atoms with E-state index in [1.54, 1.807) is 4.90 Å². The predicted octanol–water partition coefficient (Wildman–Crippen LogP) is 4.25. The Bertz CT molecular complexity index is 1370. The number of piperazine rings is 1. The van der Waals surface area contributed by atoms with Gasteiger partial charge in [0.2, 0.25) is 5.91 Å². The van der Waals surface area contributed by atoms with Gasteiger partial charge in [-0.25, -0.2) is 4.99 Å². The number of rotatable bonds is 6. The van der Waals surface area contributed by atoms with Crippen molar-refractivity contribution in [2.24, 2.45) is 4.99 Å². The zero-order valence-electron chi connectivity index (χ0n) is 20.7. The molecule has 0 radical (unpaired) electrons. The third-order valence-corrected chi connectivity index (χ3v) is 6.78. The first kappa shape index (κ1) is 23.8. The fourth-order valence-electron chi connectivity index (χ4n) is 4.56. The smallest absolute Gasteiger partial charge is 0.240 e. The molecule has 0 spiro atoms. The molecule has 2 heterocycles. The molecule has 184 valence electrons. The van der Waals surface area contributed by atoms with Crippen LogP contribution in [0.5, 0.6) is 5.88 Å². The lowest BCUT2D eigenvalue weighted by molar-refractivity contribution is -0.119. The summed E-state index contributed by atoms with van der Waals surface area (Å²) in [6.45, 7) is 4.21. The lowest BCUT2D eigenvalue weighted by Gasteiger charge is -2.32. The Morgan fingerprint density at radius 1 is 0.944 bits per heavy atom. The highest BCUT2D eigenvalue weighted by Crippen LogP contribution is 2.31. The number of benzene rings is 3. The quantitative estimate of drug-likeness (QED) is 0.404. The second-order valence-electron chi connectivity index (χ2n) is 9.27. The Labute approximate surface area is 211 Å². The van der Waals surface area contributed by atoms with Gasteiger partial charge in [-0.05, 0) is 37.4 Å². The number of H-pyrrole nitrogens is 1. The summed E-state index contributed by atoms with van der Waals surface area (Å²) in [6.07, 6.45) is 0. The van der Waals surface area contributed by atoms with Crippen LogP contribution < -0.4 is 4.90 Å². The summed E-state index contributed by atoms with van der Waals surface area (Å²) in [5.41, 5.74) is 4.66. The Hall–Kier alpha value is -3.94. The van der Waals surface area contributed by atoms with Crippen LogP contribution in [0.2, 0.25) is 0 Å². The number of hydrogen-bond donors (Lipinski definition) is 2. The van der Waals surface area contributed by atoms with Crippen LogP contribution in [-0.4, -0.2) is 78.3 Å². The minimum Gasteiger partial charge on any atom is -0.494 e. The van der Waals surface area contributed by atoms with Crippen molar-refractivity contribution in [3.63, 3.8) is 0 Å². The highest BCUT2D eigenvalue weighted by atomic mass is 16.3. The molecular formula is C29H31N5O2. The summed E-state index contributed by atoms with van der Waals surface area (Å²) in [6, 6.07) is 25.3. The molecule has 2 N–H and O–H groups in total. The standard InChI is InChI=1S/C29H31N5O2/c1-32-16-18-34(19-17-32)20-26(35)33(2)23-14-12-22(13-15-23)30-28(21-8-4-3-5-9-21)27-24-10-6-7-11-25(24)31-29(27)36/h3-15,31,36H,16-20H2,1-2H3. The fraction of sp³-hybridized carbons (Fsp3) is 0.241. The SMILES string of the molecule is CN1CCN(CC(=O)N(C)c2ccc(N=C(c3ccccc3)c3c(O)[nH]c4ccccc34)cc2)CC1. The Morgan fingerprint density at radius 2 is 1.61 bits per heavy atom. The minimum atomic E-state index is 0.0736. The number of anilines is 1. The van der Waals surface area contributed by atoms with Crippen LogP contribution >= 0.6 is 0 Å². The molecule has 1 saturated heterocycles. The van der Waals surface area contributed by atoms with Crippen LogP contribution in [0.15, 0.2) is 83.9 Å². The van der Waals surface area contributed by atoms with E-state index in [9.17, 15) is 9.90 Å². The molecule has 7 heteroatoms. The van der Waals surface area contributed by atoms with Crippen molar-refractivity contribution in [3.05, 3.63) is 90.0 Å². The number of fused-ring (bicyclic) bond motifs is 1. The fourth-order valence-corrected chi connectivity index (χ4v) is 4.56. The molecule has 36 heavy (non-hydrogen) atoms. The number of aliphatic imine (C=N–C) groups is 1. The first-order chi connectivity index (χ1) is 17.5. The Morgan fingerprint density at radius 3 is 2.33 bits per heavy atom. The molecule has 1 aliphatic rings. The summed E-state index contributed by atoms with van der Waals surface area (Å²) >= 11 is 0. The molecule has 0 unspecified atom stereocenters. The summed E-state index contributed by atoms with van der Waals surface area (Å²) in [7, 11) is 3.93. The lowest BCUT2D eigenvalue weighted by atomic mass is 10.0. The number of nitrogens with one attached hydrogen (secondary N) is 1. The van der Waals surface area contributed by atoms with Crippen LogP contribution in [-0.2, 0) is 4.79 Å². The van der Waals surface area contributed by atoms with Crippen molar-refractivity contribution < 1.29 is 9.90 Å². The number of aromatic amines is 1. The zero-order chi connectivity index (χ0) is 25.1. The highest BCUT2D eigenvalue weighted by molar-refractivity contribution is 6.21. The number of likely N-dealkylation sites (N-methyl/N-ethyl adjacent to an activating group) is 2. The van der Waals surface area contributed by atoms with Gasteiger partial charge in [0.15, 0.2) is 5.88 Å². The average molecular weight is 482 g/mol. The number of hydrogen-bond acceptors (Lipinski definition) is 5. The van der Waals surface area contributed by atoms with E-state index in [2.05, 4.69) is 21.8 Å². The molecule has 1 aliphatic heterocycles. The van der Waals surface area contributed by atoms with Gasteiger partial charge in [0, 0.05) is 55.4 Å². The van der Waals surface area contributed by atoms with Gasteiger partial charge in [0.1, 0.15) is 0 Å². The zero-order valence-corrected chi connectivity index (χ0v) is 20.7. The van der Waals surface area contributed by atoms with Gasteiger partial charge in [-0.15, -0.1) is 0 Å². The number of nitrogens with zero attached hydrogens (tertiary/aromatic N) is 4. The van der Waals surface area contributed by atoms with E-state index in [4.69, 9.17) is 4.99 Å². The molecule has 0 aliphatic carbocycles. The van der Waals surface area contributed by atoms with E-state index in [-0.39, 0.29) is 11.8 Å². The minimum absolute atomic E-state index is 0.0736. The van der Waals surface area contributed by atoms with Crippen LogP contribution in [0.3, 0.4) is 0 Å². The van der Waals surface area contributed by atoms with E-state index in [0.717, 1.165) is 54.0 Å². The van der Waals surface area contributed by atoms with Crippen molar-refractivity contribution in [3.8, 4) is 5.88 Å². The molecule has 0 saturated carbocycles. The largest absolute Gasteiger partial charge is 0.494 e. The van der Waals surface area contributed by atoms with Gasteiger partial charge in [-0.1, -0.05) is 48.5 Å². The number of para-hydroxylation sites is 1. The van der Waals surface area contributed by atoms with Crippen molar-refractivity contribution >= 4 is 33.9 Å². The van der Waals surface area contributed by atoms with E-state index in [0.29, 0.717) is 17.8 Å². The van der Waals surface area contributed by atoms with E-state index < -0.39 is 0 Å². The summed E-state index contributed by atoms with van der Waals surface area (Å²) in [5, 5.41) is 11.7. The van der Waals surface area contributed by atoms with E-state index >= 15 is 0 Å². The van der Waals surface area contributed by atoms with Gasteiger partial charge in [0.05, 0.1) is 23.5 Å². The van der Waals surface area contributed by atoms with Crippen molar-refractivity contribution in [1.29, 1.82) is 0 Å². The number of aromatic nitrogens is 1. The van der Waals surface area contributed by atoms with E-state index in [1.165, 1.54) is 0 Å². The third-order valence-electron chi connectivity index (χ3n) is 6.78. The third kappa shape index (κ3) is 5.03. The van der Waals surface area contributed by atoms with Crippen LogP contribution in [0.1, 0.15) is 11.1 Å². The van der Waals surface area contributed by atoms with Gasteiger partial charge in [-0.2, -0.15) is 0 Å². The average Bonchev–Trinajstić information content (AvgIpc) is 3.24. The Balaban J connectivity index is 1.42. The number of amides is 1. The van der Waals surface area contributed by atoms with E-state index in [1.807, 2.05) is 85.9 Å². The first-order valence-electron chi connectivity index (χ1n) is 12.2. The van der Waals surface area contributed by atoms with Crippen LogP contribution in [0, 0.1) is 0 Å². The summed E-state index contributed by atoms with van der Waals surface area (Å²) < 4.78 is 0. The molecule has 1 fully saturated rings. The number of aromatic hydroxyl groups is 1. The van der Waals surface area contributed by atoms with Crippen molar-refractivity contribution in [1.82, 2.24) is 14.8 Å². The number of carbonyl (C=O) groups excluding carboxylic acids is 1. The molecule has 3 aromatic carbocycles. The van der Waals surface area contributed by atoms with Gasteiger partial charge >= 0.3 is 0 Å². The van der Waals surface area contributed by atoms with Gasteiger partial charge < -0.3 is 19.9 Å². The van der Waals surface area contributed by atoms with Crippen molar-refractivity contribution in [2.75, 3.05) is 51.7 Å². The monoisotopic (exact) mass is 481 g/mol. The topological polar surface area (TPSA) is 75.2 Å². The molecule has 1 aromatic heterocycles. The van der Waals surface area contributed by atoms with Gasteiger partial charge in [0.25, 0.3) is 0 Å². The molecule has 5 rings (SSSR count). The maximum absolute atomic E-state index is 12.9. The lowest BCUT2D eigenvalue weighted by Crippen LogP contribution is -2.48. The normalized spacial score (nSPS) is 15.3. The molecular weight excluding hydrogens is 450 g/mol. The second kappa shape index (κ2) is 10.4. The molecule has 7 nitrogen and oxygen atoms in total. The summed E-state index contributed by atoms with van der Waals surface area (Å²) in [5.74, 6) is 0.161. The molecule has 1 amide bonds. The molecule has 4 aromatic rings.